The van der Waals surface area contributed by atoms with E-state index in [4.69, 9.17) is 5.11 Å². The molecule has 0 aromatic heterocycles. The van der Waals surface area contributed by atoms with Crippen molar-refractivity contribution in [1.82, 2.24) is 10.9 Å². The van der Waals surface area contributed by atoms with E-state index in [1.54, 1.807) is 0 Å². The Kier molecular flexibility index (Phi) is 2.93. The molecule has 1 aliphatic rings. The second kappa shape index (κ2) is 4.20. The third kappa shape index (κ3) is 2.30. The Hall–Kier alpha value is -1.07. The molecular weight excluding hydrogens is 260 g/mol. The number of carboxylic acid groups (broad SMARTS) is 1. The van der Waals surface area contributed by atoms with Gasteiger partial charge < -0.3 is 5.11 Å². The highest BCUT2D eigenvalue weighted by Gasteiger charge is 2.22. The number of aryl methyl sites for hydroxylation is 1. The van der Waals surface area contributed by atoms with Crippen LogP contribution in [0.15, 0.2) is 22.7 Å². The van der Waals surface area contributed by atoms with E-state index < -0.39 is 6.09 Å². The molecule has 0 bridgehead atoms. The first-order valence-electron chi connectivity index (χ1n) is 4.69. The topological polar surface area (TPSA) is 61.4 Å². The number of amides is 1. The van der Waals surface area contributed by atoms with Crippen molar-refractivity contribution in [1.29, 1.82) is 0 Å². The third-order valence-electron chi connectivity index (χ3n) is 2.54. The number of hydrogen-bond donors (Lipinski definition) is 3. The number of fused-ring (bicyclic) bond motifs is 1. The van der Waals surface area contributed by atoms with Crippen LogP contribution in [0.1, 0.15) is 23.6 Å². The van der Waals surface area contributed by atoms with E-state index in [0.29, 0.717) is 0 Å². The number of benzene rings is 1. The highest BCUT2D eigenvalue weighted by Crippen LogP contribution is 2.32. The van der Waals surface area contributed by atoms with Crippen LogP contribution in [0.25, 0.3) is 0 Å². The molecule has 1 aromatic rings. The van der Waals surface area contributed by atoms with Crippen LogP contribution >= 0.6 is 15.9 Å². The molecule has 0 saturated carbocycles. The summed E-state index contributed by atoms with van der Waals surface area (Å²) in [5.74, 6) is 0. The van der Waals surface area contributed by atoms with Crippen molar-refractivity contribution in [2.24, 2.45) is 0 Å². The van der Waals surface area contributed by atoms with E-state index in [-0.39, 0.29) is 6.04 Å². The Balaban J connectivity index is 2.13. The fourth-order valence-corrected chi connectivity index (χ4v) is 2.25. The second-order valence-electron chi connectivity index (χ2n) is 3.51. The molecule has 0 saturated heterocycles. The normalized spacial score (nSPS) is 18.6. The lowest BCUT2D eigenvalue weighted by atomic mass is 10.1. The molecule has 0 aliphatic heterocycles. The van der Waals surface area contributed by atoms with Crippen LogP contribution in [-0.4, -0.2) is 11.2 Å². The van der Waals surface area contributed by atoms with Crippen molar-refractivity contribution < 1.29 is 9.90 Å². The number of hydrazine groups is 1. The van der Waals surface area contributed by atoms with Gasteiger partial charge in [0.25, 0.3) is 0 Å². The van der Waals surface area contributed by atoms with E-state index in [9.17, 15) is 4.79 Å². The minimum absolute atomic E-state index is 0.0774. The van der Waals surface area contributed by atoms with Gasteiger partial charge in [-0.25, -0.2) is 10.2 Å². The van der Waals surface area contributed by atoms with Crippen molar-refractivity contribution in [3.05, 3.63) is 33.8 Å². The fourth-order valence-electron chi connectivity index (χ4n) is 1.87. The molecule has 0 fully saturated rings. The summed E-state index contributed by atoms with van der Waals surface area (Å²) >= 11 is 3.41. The molecule has 0 spiro atoms. The Labute approximate surface area is 95.8 Å². The van der Waals surface area contributed by atoms with Gasteiger partial charge in [-0.05, 0) is 36.1 Å². The maximum absolute atomic E-state index is 10.4. The smallest absolute Gasteiger partial charge is 0.419 e. The van der Waals surface area contributed by atoms with Crippen molar-refractivity contribution in [3.8, 4) is 0 Å². The van der Waals surface area contributed by atoms with Crippen molar-refractivity contribution in [3.63, 3.8) is 0 Å². The van der Waals surface area contributed by atoms with Gasteiger partial charge in [0.05, 0.1) is 6.04 Å². The zero-order valence-corrected chi connectivity index (χ0v) is 9.54. The van der Waals surface area contributed by atoms with E-state index in [1.807, 2.05) is 12.1 Å². The van der Waals surface area contributed by atoms with Gasteiger partial charge >= 0.3 is 6.09 Å². The molecule has 15 heavy (non-hydrogen) atoms. The van der Waals surface area contributed by atoms with Crippen LogP contribution in [0.4, 0.5) is 4.79 Å². The summed E-state index contributed by atoms with van der Waals surface area (Å²) < 4.78 is 1.02. The van der Waals surface area contributed by atoms with Gasteiger partial charge in [0.2, 0.25) is 0 Å². The van der Waals surface area contributed by atoms with Crippen LogP contribution in [0.2, 0.25) is 0 Å². The number of carbonyl (C=O) groups is 1. The highest BCUT2D eigenvalue weighted by molar-refractivity contribution is 9.10. The number of hydrogen-bond acceptors (Lipinski definition) is 2. The van der Waals surface area contributed by atoms with E-state index in [2.05, 4.69) is 32.8 Å². The summed E-state index contributed by atoms with van der Waals surface area (Å²) in [5, 5.41) is 8.49. The average molecular weight is 271 g/mol. The molecule has 4 nitrogen and oxygen atoms in total. The minimum atomic E-state index is -1.06. The average Bonchev–Trinajstić information content (AvgIpc) is 2.57. The monoisotopic (exact) mass is 270 g/mol. The zero-order valence-electron chi connectivity index (χ0n) is 7.96. The van der Waals surface area contributed by atoms with Gasteiger partial charge in [0.1, 0.15) is 0 Å². The summed E-state index contributed by atoms with van der Waals surface area (Å²) in [7, 11) is 0. The van der Waals surface area contributed by atoms with E-state index >= 15 is 0 Å². The Morgan fingerprint density at radius 2 is 2.33 bits per heavy atom. The lowest BCUT2D eigenvalue weighted by Crippen LogP contribution is -2.38. The Morgan fingerprint density at radius 3 is 3.07 bits per heavy atom. The summed E-state index contributed by atoms with van der Waals surface area (Å²) in [6, 6.07) is 6.19. The Bertz CT molecular complexity index is 395. The lowest BCUT2D eigenvalue weighted by molar-refractivity contribution is 0.186. The van der Waals surface area contributed by atoms with Gasteiger partial charge in [0, 0.05) is 4.47 Å². The first-order chi connectivity index (χ1) is 7.16. The predicted molar refractivity (Wildman–Crippen MR) is 59.5 cm³/mol. The maximum atomic E-state index is 10.4. The molecule has 80 valence electrons. The number of nitrogens with one attached hydrogen (secondary N) is 2. The maximum Gasteiger partial charge on any atom is 0.419 e. The molecule has 1 atom stereocenters. The van der Waals surface area contributed by atoms with E-state index in [1.165, 1.54) is 5.56 Å². The van der Waals surface area contributed by atoms with Crippen LogP contribution in [0.3, 0.4) is 0 Å². The van der Waals surface area contributed by atoms with Gasteiger partial charge in [-0.3, -0.25) is 5.43 Å². The molecule has 0 unspecified atom stereocenters. The molecule has 0 radical (unpaired) electrons. The molecule has 1 amide bonds. The second-order valence-corrected chi connectivity index (χ2v) is 4.42. The van der Waals surface area contributed by atoms with Crippen LogP contribution in [-0.2, 0) is 6.42 Å². The largest absolute Gasteiger partial charge is 0.464 e. The standard InChI is InChI=1S/C10H11BrN2O2/c11-7-3-1-6-2-4-9(8(6)5-7)12-13-10(14)15/h1,3,5,9,12-13H,2,4H2,(H,14,15)/t9-/m1/s1. The molecule has 1 aliphatic carbocycles. The minimum Gasteiger partial charge on any atom is -0.464 e. The lowest BCUT2D eigenvalue weighted by Gasteiger charge is -2.13. The number of halogens is 1. The molecule has 2 rings (SSSR count). The fraction of sp³-hybridized carbons (Fsp3) is 0.300. The molecule has 1 aromatic carbocycles. The molecule has 3 N–H and O–H groups in total. The first kappa shape index (κ1) is 10.4. The van der Waals surface area contributed by atoms with Gasteiger partial charge in [-0.1, -0.05) is 22.0 Å². The molecular formula is C10H11BrN2O2. The summed E-state index contributed by atoms with van der Waals surface area (Å²) in [5.41, 5.74) is 7.44. The van der Waals surface area contributed by atoms with Gasteiger partial charge in [-0.2, -0.15) is 0 Å². The summed E-state index contributed by atoms with van der Waals surface area (Å²) in [6.45, 7) is 0. The van der Waals surface area contributed by atoms with Crippen molar-refractivity contribution >= 4 is 22.0 Å². The predicted octanol–water partition coefficient (Wildman–Crippen LogP) is 2.21. The van der Waals surface area contributed by atoms with Crippen LogP contribution in [0, 0.1) is 0 Å². The third-order valence-corrected chi connectivity index (χ3v) is 3.03. The Morgan fingerprint density at radius 1 is 1.53 bits per heavy atom. The van der Waals surface area contributed by atoms with Gasteiger partial charge in [0.15, 0.2) is 0 Å². The van der Waals surface area contributed by atoms with Crippen LogP contribution < -0.4 is 10.9 Å². The van der Waals surface area contributed by atoms with Gasteiger partial charge in [-0.15, -0.1) is 0 Å². The summed E-state index contributed by atoms with van der Waals surface area (Å²) in [4.78, 5) is 10.4. The zero-order chi connectivity index (χ0) is 10.8. The highest BCUT2D eigenvalue weighted by atomic mass is 79.9. The number of rotatable bonds is 2. The quantitative estimate of drug-likeness (QED) is 0.723. The van der Waals surface area contributed by atoms with Crippen molar-refractivity contribution in [2.75, 3.05) is 0 Å². The molecule has 0 heterocycles. The van der Waals surface area contributed by atoms with Crippen LogP contribution in [0.5, 0.6) is 0 Å². The SMILES string of the molecule is O=C(O)NN[C@@H]1CCc2ccc(Br)cc21. The summed E-state index contributed by atoms with van der Waals surface area (Å²) in [6.07, 6.45) is 0.853. The molecule has 5 heteroatoms. The van der Waals surface area contributed by atoms with E-state index in [0.717, 1.165) is 22.9 Å². The first-order valence-corrected chi connectivity index (χ1v) is 5.49. The van der Waals surface area contributed by atoms with Crippen molar-refractivity contribution in [2.45, 2.75) is 18.9 Å².